The third kappa shape index (κ3) is 5.40. The molecular formula is C23H32N8O2. The standard InChI is InChI=1S/C23H32N8O2/c1-14(2)19(13-32)29-18-11-21(27-16-5-3-15(24)4-6-16)30-31-20(12-26-22(18)31)23(33)28-17-7-9-25-10-8-17/h7-12,14-16,19,29,32H,3-6,13,24H2,1-2H3,(H,27,30)(H,25,28,33). The molecule has 1 aliphatic rings. The Morgan fingerprint density at radius 1 is 1.24 bits per heavy atom. The number of imidazole rings is 1. The number of rotatable bonds is 8. The first-order chi connectivity index (χ1) is 15.9. The highest BCUT2D eigenvalue weighted by Gasteiger charge is 2.22. The SMILES string of the molecule is CC(C)C(CO)Nc1cc(NC2CCC(N)CC2)nn2c(C(=O)Nc3ccncc3)cnc12. The van der Waals surface area contributed by atoms with Crippen molar-refractivity contribution in [1.82, 2.24) is 19.6 Å². The minimum absolute atomic E-state index is 0.0223. The third-order valence-electron chi connectivity index (χ3n) is 6.10. The van der Waals surface area contributed by atoms with Crippen LogP contribution in [0.1, 0.15) is 50.0 Å². The minimum atomic E-state index is -0.324. The van der Waals surface area contributed by atoms with Crippen LogP contribution in [0.15, 0.2) is 36.8 Å². The second-order valence-corrected chi connectivity index (χ2v) is 8.95. The Morgan fingerprint density at radius 2 is 1.97 bits per heavy atom. The minimum Gasteiger partial charge on any atom is -0.394 e. The molecule has 1 saturated carbocycles. The normalized spacial score (nSPS) is 19.4. The first kappa shape index (κ1) is 22.9. The van der Waals surface area contributed by atoms with E-state index in [2.05, 4.69) is 31.0 Å². The average molecular weight is 453 g/mol. The number of nitrogens with one attached hydrogen (secondary N) is 3. The molecule has 3 aromatic heterocycles. The lowest BCUT2D eigenvalue weighted by Gasteiger charge is -2.27. The van der Waals surface area contributed by atoms with Gasteiger partial charge >= 0.3 is 0 Å². The molecule has 1 fully saturated rings. The number of amides is 1. The molecule has 1 amide bonds. The summed E-state index contributed by atoms with van der Waals surface area (Å²) in [5, 5.41) is 24.3. The third-order valence-corrected chi connectivity index (χ3v) is 6.10. The van der Waals surface area contributed by atoms with Crippen LogP contribution in [0.25, 0.3) is 5.65 Å². The number of fused-ring (bicyclic) bond motifs is 1. The van der Waals surface area contributed by atoms with Gasteiger partial charge in [0.25, 0.3) is 5.91 Å². The number of hydrogen-bond donors (Lipinski definition) is 5. The molecule has 3 aromatic rings. The van der Waals surface area contributed by atoms with E-state index in [-0.39, 0.29) is 36.6 Å². The Labute approximate surface area is 193 Å². The van der Waals surface area contributed by atoms with Gasteiger partial charge in [-0.3, -0.25) is 9.78 Å². The number of carbonyl (C=O) groups excluding carboxylic acids is 1. The second kappa shape index (κ2) is 10.1. The second-order valence-electron chi connectivity index (χ2n) is 8.95. The summed E-state index contributed by atoms with van der Waals surface area (Å²) in [4.78, 5) is 21.4. The zero-order valence-electron chi connectivity index (χ0n) is 19.0. The molecule has 0 aromatic carbocycles. The number of pyridine rings is 1. The molecule has 0 saturated heterocycles. The van der Waals surface area contributed by atoms with Crippen molar-refractivity contribution in [2.75, 3.05) is 22.6 Å². The van der Waals surface area contributed by atoms with Gasteiger partial charge < -0.3 is 26.8 Å². The van der Waals surface area contributed by atoms with Crippen LogP contribution in [-0.4, -0.2) is 55.3 Å². The zero-order chi connectivity index (χ0) is 23.4. The van der Waals surface area contributed by atoms with Crippen molar-refractivity contribution in [3.8, 4) is 0 Å². The van der Waals surface area contributed by atoms with Crippen molar-refractivity contribution < 1.29 is 9.90 Å². The van der Waals surface area contributed by atoms with Crippen molar-refractivity contribution in [3.63, 3.8) is 0 Å². The number of anilines is 3. The lowest BCUT2D eigenvalue weighted by atomic mass is 9.92. The largest absolute Gasteiger partial charge is 0.394 e. The fourth-order valence-corrected chi connectivity index (χ4v) is 4.03. The first-order valence-corrected chi connectivity index (χ1v) is 11.4. The maximum Gasteiger partial charge on any atom is 0.276 e. The Balaban J connectivity index is 1.68. The highest BCUT2D eigenvalue weighted by molar-refractivity contribution is 6.03. The lowest BCUT2D eigenvalue weighted by molar-refractivity contribution is 0.102. The molecule has 1 atom stereocenters. The van der Waals surface area contributed by atoms with E-state index in [1.807, 2.05) is 19.9 Å². The molecule has 0 bridgehead atoms. The summed E-state index contributed by atoms with van der Waals surface area (Å²) in [7, 11) is 0. The van der Waals surface area contributed by atoms with Gasteiger partial charge in [0.05, 0.1) is 24.5 Å². The number of aliphatic hydroxyl groups excluding tert-OH is 1. The Morgan fingerprint density at radius 3 is 2.64 bits per heavy atom. The fourth-order valence-electron chi connectivity index (χ4n) is 4.03. The van der Waals surface area contributed by atoms with Gasteiger partial charge in [0.15, 0.2) is 11.3 Å². The molecule has 0 aliphatic heterocycles. The summed E-state index contributed by atoms with van der Waals surface area (Å²) in [6.07, 6.45) is 8.61. The van der Waals surface area contributed by atoms with Crippen molar-refractivity contribution in [1.29, 1.82) is 0 Å². The van der Waals surface area contributed by atoms with Crippen molar-refractivity contribution in [2.24, 2.45) is 11.7 Å². The monoisotopic (exact) mass is 452 g/mol. The smallest absolute Gasteiger partial charge is 0.276 e. The van der Waals surface area contributed by atoms with Crippen LogP contribution < -0.4 is 21.7 Å². The number of aliphatic hydroxyl groups is 1. The predicted octanol–water partition coefficient (Wildman–Crippen LogP) is 2.49. The molecule has 1 aliphatic carbocycles. The predicted molar refractivity (Wildman–Crippen MR) is 128 cm³/mol. The molecule has 176 valence electrons. The van der Waals surface area contributed by atoms with E-state index in [1.165, 1.54) is 6.20 Å². The Kier molecular flexibility index (Phi) is 7.05. The van der Waals surface area contributed by atoms with Crippen molar-refractivity contribution in [2.45, 2.75) is 57.7 Å². The van der Waals surface area contributed by atoms with E-state index in [0.717, 1.165) is 25.7 Å². The maximum absolute atomic E-state index is 13.0. The van der Waals surface area contributed by atoms with E-state index in [1.54, 1.807) is 29.0 Å². The van der Waals surface area contributed by atoms with Crippen LogP contribution in [0, 0.1) is 5.92 Å². The first-order valence-electron chi connectivity index (χ1n) is 11.4. The molecule has 3 heterocycles. The van der Waals surface area contributed by atoms with E-state index < -0.39 is 0 Å². The van der Waals surface area contributed by atoms with E-state index in [9.17, 15) is 9.90 Å². The number of nitrogens with two attached hydrogens (primary N) is 1. The van der Waals surface area contributed by atoms with Crippen LogP contribution >= 0.6 is 0 Å². The van der Waals surface area contributed by atoms with Crippen molar-refractivity contribution >= 4 is 28.7 Å². The molecule has 6 N–H and O–H groups in total. The number of aromatic nitrogens is 4. The summed E-state index contributed by atoms with van der Waals surface area (Å²) >= 11 is 0. The average Bonchev–Trinajstić information content (AvgIpc) is 3.23. The van der Waals surface area contributed by atoms with Gasteiger partial charge in [0, 0.05) is 36.2 Å². The zero-order valence-corrected chi connectivity index (χ0v) is 19.0. The highest BCUT2D eigenvalue weighted by Crippen LogP contribution is 2.26. The summed E-state index contributed by atoms with van der Waals surface area (Å²) in [6, 6.07) is 5.69. The molecule has 1 unspecified atom stereocenters. The lowest BCUT2D eigenvalue weighted by Crippen LogP contribution is -2.33. The van der Waals surface area contributed by atoms with Gasteiger partial charge in [-0.2, -0.15) is 0 Å². The number of nitrogens with zero attached hydrogens (tertiary/aromatic N) is 4. The fraction of sp³-hybridized carbons (Fsp3) is 0.478. The molecule has 4 rings (SSSR count). The molecule has 10 nitrogen and oxygen atoms in total. The summed E-state index contributed by atoms with van der Waals surface area (Å²) in [5.74, 6) is 0.515. The van der Waals surface area contributed by atoms with Gasteiger partial charge in [-0.25, -0.2) is 9.50 Å². The quantitative estimate of drug-likeness (QED) is 0.351. The summed E-state index contributed by atoms with van der Waals surface area (Å²) < 4.78 is 1.55. The molecule has 10 heteroatoms. The highest BCUT2D eigenvalue weighted by atomic mass is 16.3. The molecular weight excluding hydrogens is 420 g/mol. The molecule has 0 spiro atoms. The summed E-state index contributed by atoms with van der Waals surface area (Å²) in [6.45, 7) is 4.05. The van der Waals surface area contributed by atoms with Gasteiger partial charge in [-0.1, -0.05) is 13.8 Å². The van der Waals surface area contributed by atoms with Gasteiger partial charge in [-0.05, 0) is 43.7 Å². The topological polar surface area (TPSA) is 142 Å². The van der Waals surface area contributed by atoms with E-state index in [4.69, 9.17) is 5.73 Å². The van der Waals surface area contributed by atoms with Crippen LogP contribution in [0.5, 0.6) is 0 Å². The number of hydrogen-bond acceptors (Lipinski definition) is 8. The van der Waals surface area contributed by atoms with Crippen LogP contribution in [0.4, 0.5) is 17.2 Å². The van der Waals surface area contributed by atoms with Crippen LogP contribution in [0.3, 0.4) is 0 Å². The van der Waals surface area contributed by atoms with Gasteiger partial charge in [-0.15, -0.1) is 5.10 Å². The van der Waals surface area contributed by atoms with E-state index >= 15 is 0 Å². The number of carbonyl (C=O) groups is 1. The van der Waals surface area contributed by atoms with Gasteiger partial charge in [0.1, 0.15) is 5.82 Å². The van der Waals surface area contributed by atoms with Gasteiger partial charge in [0.2, 0.25) is 0 Å². The van der Waals surface area contributed by atoms with Crippen LogP contribution in [0.2, 0.25) is 0 Å². The maximum atomic E-state index is 13.0. The Hall–Kier alpha value is -3.24. The summed E-state index contributed by atoms with van der Waals surface area (Å²) in [5.41, 5.74) is 8.22. The van der Waals surface area contributed by atoms with Crippen molar-refractivity contribution in [3.05, 3.63) is 42.5 Å². The van der Waals surface area contributed by atoms with E-state index in [0.29, 0.717) is 28.5 Å². The van der Waals surface area contributed by atoms with Crippen LogP contribution in [-0.2, 0) is 0 Å². The molecule has 0 radical (unpaired) electrons. The Bertz CT molecular complexity index is 1080. The molecule has 33 heavy (non-hydrogen) atoms.